The second kappa shape index (κ2) is 9.56. The first-order chi connectivity index (χ1) is 12.9. The zero-order valence-corrected chi connectivity index (χ0v) is 17.4. The number of hydrogen-bond donors (Lipinski definition) is 1. The monoisotopic (exact) mass is 368 g/mol. The van der Waals surface area contributed by atoms with Gasteiger partial charge >= 0.3 is 0 Å². The van der Waals surface area contributed by atoms with E-state index in [4.69, 9.17) is 9.47 Å². The van der Waals surface area contributed by atoms with E-state index >= 15 is 0 Å². The molecule has 2 aromatic rings. The third-order valence-corrected chi connectivity index (χ3v) is 5.08. The van der Waals surface area contributed by atoms with Gasteiger partial charge in [0.1, 0.15) is 11.5 Å². The van der Waals surface area contributed by atoms with Gasteiger partial charge in [-0.1, -0.05) is 25.1 Å². The molecule has 0 heterocycles. The molecule has 0 aliphatic heterocycles. The largest absolute Gasteiger partial charge is 0.457 e. The highest BCUT2D eigenvalue weighted by atomic mass is 16.5. The highest BCUT2D eigenvalue weighted by molar-refractivity contribution is 5.54. The minimum absolute atomic E-state index is 0.307. The topological polar surface area (TPSA) is 42.9 Å². The number of hydrogen-bond acceptors (Lipinski definition) is 3. The molecule has 2 rings (SSSR count). The predicted molar refractivity (Wildman–Crippen MR) is 113 cm³/mol. The second-order valence-corrected chi connectivity index (χ2v) is 6.99. The third kappa shape index (κ3) is 5.33. The van der Waals surface area contributed by atoms with Crippen molar-refractivity contribution < 1.29 is 9.47 Å². The van der Waals surface area contributed by atoms with Gasteiger partial charge in [-0.3, -0.25) is 4.99 Å². The lowest BCUT2D eigenvalue weighted by atomic mass is 9.93. The Bertz CT molecular complexity index is 780. The third-order valence-electron chi connectivity index (χ3n) is 5.08. The number of aliphatic imine (C=N–C) groups is 1. The summed E-state index contributed by atoms with van der Waals surface area (Å²) in [5, 5.41) is 3.10. The molecule has 1 N–H and O–H groups in total. The van der Waals surface area contributed by atoms with Crippen LogP contribution in [0.2, 0.25) is 0 Å². The van der Waals surface area contributed by atoms with E-state index in [1.54, 1.807) is 13.4 Å². The van der Waals surface area contributed by atoms with E-state index in [1.807, 2.05) is 12.1 Å². The van der Waals surface area contributed by atoms with Crippen molar-refractivity contribution in [1.29, 1.82) is 0 Å². The molecular weight excluding hydrogens is 336 g/mol. The number of benzene rings is 2. The van der Waals surface area contributed by atoms with Crippen LogP contribution in [0.1, 0.15) is 49.4 Å². The maximum Gasteiger partial charge on any atom is 0.130 e. The van der Waals surface area contributed by atoms with E-state index in [9.17, 15) is 0 Å². The van der Waals surface area contributed by atoms with Crippen molar-refractivity contribution in [2.75, 3.05) is 13.7 Å². The number of nitrogens with zero attached hydrogens (tertiary/aromatic N) is 1. The van der Waals surface area contributed by atoms with Crippen molar-refractivity contribution in [2.45, 2.75) is 53.2 Å². The molecule has 4 heteroatoms. The van der Waals surface area contributed by atoms with Crippen LogP contribution in [0.15, 0.2) is 41.4 Å². The molecule has 0 radical (unpaired) electrons. The maximum absolute atomic E-state index is 6.21. The number of ether oxygens (including phenoxy) is 2. The molecule has 0 fully saturated rings. The first-order valence-electron chi connectivity index (χ1n) is 9.58. The SMILES string of the molecule is CCNC=NCc1cc(C)c(Oc2cccc(C(C)(CC)OC)c2)cc1C. The molecule has 4 nitrogen and oxygen atoms in total. The van der Waals surface area contributed by atoms with Gasteiger partial charge < -0.3 is 14.8 Å². The Hall–Kier alpha value is -2.33. The van der Waals surface area contributed by atoms with Crippen molar-refractivity contribution in [1.82, 2.24) is 5.32 Å². The average molecular weight is 369 g/mol. The summed E-state index contributed by atoms with van der Waals surface area (Å²) in [5.41, 5.74) is 4.30. The molecule has 1 unspecified atom stereocenters. The van der Waals surface area contributed by atoms with Crippen LogP contribution in [-0.2, 0) is 16.9 Å². The van der Waals surface area contributed by atoms with Gasteiger partial charge in [0.2, 0.25) is 0 Å². The molecule has 27 heavy (non-hydrogen) atoms. The molecule has 0 amide bonds. The van der Waals surface area contributed by atoms with Crippen molar-refractivity contribution in [2.24, 2.45) is 4.99 Å². The van der Waals surface area contributed by atoms with E-state index in [0.29, 0.717) is 6.54 Å². The highest BCUT2D eigenvalue weighted by Gasteiger charge is 2.24. The smallest absolute Gasteiger partial charge is 0.130 e. The molecule has 0 spiro atoms. The van der Waals surface area contributed by atoms with Crippen LogP contribution in [0, 0.1) is 13.8 Å². The van der Waals surface area contributed by atoms with Crippen LogP contribution in [0.4, 0.5) is 0 Å². The van der Waals surface area contributed by atoms with Gasteiger partial charge in [-0.25, -0.2) is 0 Å². The van der Waals surface area contributed by atoms with Crippen LogP contribution < -0.4 is 10.1 Å². The minimum Gasteiger partial charge on any atom is -0.457 e. The van der Waals surface area contributed by atoms with Crippen molar-refractivity contribution >= 4 is 6.34 Å². The Balaban J connectivity index is 2.22. The van der Waals surface area contributed by atoms with Gasteiger partial charge in [0, 0.05) is 13.7 Å². The summed E-state index contributed by atoms with van der Waals surface area (Å²) in [7, 11) is 1.75. The first kappa shape index (κ1) is 21.0. The second-order valence-electron chi connectivity index (χ2n) is 6.99. The molecule has 0 bridgehead atoms. The number of aryl methyl sites for hydroxylation is 2. The van der Waals surface area contributed by atoms with E-state index in [2.05, 4.69) is 69.2 Å². The lowest BCUT2D eigenvalue weighted by molar-refractivity contribution is -0.00152. The summed E-state index contributed by atoms with van der Waals surface area (Å²) in [5.74, 6) is 1.70. The van der Waals surface area contributed by atoms with Crippen molar-refractivity contribution in [3.8, 4) is 11.5 Å². The summed E-state index contributed by atoms with van der Waals surface area (Å²) in [4.78, 5) is 4.41. The van der Waals surface area contributed by atoms with Gasteiger partial charge in [0.25, 0.3) is 0 Å². The Morgan fingerprint density at radius 1 is 1.11 bits per heavy atom. The van der Waals surface area contributed by atoms with Crippen molar-refractivity contribution in [3.05, 3.63) is 58.7 Å². The van der Waals surface area contributed by atoms with Crippen LogP contribution in [0.25, 0.3) is 0 Å². The Kier molecular flexibility index (Phi) is 7.43. The summed E-state index contributed by atoms with van der Waals surface area (Å²) >= 11 is 0. The van der Waals surface area contributed by atoms with Crippen molar-refractivity contribution in [3.63, 3.8) is 0 Å². The fraction of sp³-hybridized carbons (Fsp3) is 0.435. The Labute approximate surface area is 163 Å². The summed E-state index contributed by atoms with van der Waals surface area (Å²) in [6, 6.07) is 12.4. The number of methoxy groups -OCH3 is 1. The minimum atomic E-state index is -0.307. The summed E-state index contributed by atoms with van der Waals surface area (Å²) < 4.78 is 11.9. The fourth-order valence-electron chi connectivity index (χ4n) is 2.91. The van der Waals surface area contributed by atoms with Crippen LogP contribution in [0.5, 0.6) is 11.5 Å². The molecule has 0 aliphatic rings. The lowest BCUT2D eigenvalue weighted by Crippen LogP contribution is -2.22. The molecule has 146 valence electrons. The van der Waals surface area contributed by atoms with Gasteiger partial charge in [-0.05, 0) is 74.6 Å². The van der Waals surface area contributed by atoms with E-state index in [-0.39, 0.29) is 5.60 Å². The molecule has 2 aromatic carbocycles. The van der Waals surface area contributed by atoms with Gasteiger partial charge in [-0.15, -0.1) is 0 Å². The predicted octanol–water partition coefficient (Wildman–Crippen LogP) is 5.51. The number of nitrogens with one attached hydrogen (secondary N) is 1. The zero-order valence-electron chi connectivity index (χ0n) is 17.4. The average Bonchev–Trinajstić information content (AvgIpc) is 2.68. The first-order valence-corrected chi connectivity index (χ1v) is 9.58. The molecule has 1 atom stereocenters. The Morgan fingerprint density at radius 3 is 2.56 bits per heavy atom. The molecular formula is C23H32N2O2. The van der Waals surface area contributed by atoms with Gasteiger partial charge in [0.15, 0.2) is 0 Å². The Morgan fingerprint density at radius 2 is 1.89 bits per heavy atom. The van der Waals surface area contributed by atoms with E-state index < -0.39 is 0 Å². The van der Waals surface area contributed by atoms with Crippen LogP contribution >= 0.6 is 0 Å². The molecule has 0 aromatic heterocycles. The summed E-state index contributed by atoms with van der Waals surface area (Å²) in [6.45, 7) is 12.0. The quantitative estimate of drug-likeness (QED) is 0.469. The van der Waals surface area contributed by atoms with Crippen LogP contribution in [-0.4, -0.2) is 20.0 Å². The summed E-state index contributed by atoms with van der Waals surface area (Å²) in [6.07, 6.45) is 2.67. The molecule has 0 aliphatic carbocycles. The van der Waals surface area contributed by atoms with Gasteiger partial charge in [-0.2, -0.15) is 0 Å². The lowest BCUT2D eigenvalue weighted by Gasteiger charge is -2.27. The standard InChI is InChI=1S/C23H32N2O2/c1-7-23(5,26-6)20-10-9-11-21(14-20)27-22-13-17(3)19(12-18(22)4)15-25-16-24-8-2/h9-14,16H,7-8,15H2,1-6H3,(H,24,25). The van der Waals surface area contributed by atoms with Gasteiger partial charge in [0.05, 0.1) is 18.5 Å². The molecule has 0 saturated heterocycles. The zero-order chi connectivity index (χ0) is 19.9. The van der Waals surface area contributed by atoms with E-state index in [1.165, 1.54) is 11.1 Å². The molecule has 0 saturated carbocycles. The fourth-order valence-corrected chi connectivity index (χ4v) is 2.91. The van der Waals surface area contributed by atoms with Crippen LogP contribution in [0.3, 0.4) is 0 Å². The number of rotatable bonds is 9. The van der Waals surface area contributed by atoms with E-state index in [0.717, 1.165) is 35.6 Å². The normalized spacial score (nSPS) is 13.6. The highest BCUT2D eigenvalue weighted by Crippen LogP contribution is 2.33. The maximum atomic E-state index is 6.21.